The van der Waals surface area contributed by atoms with E-state index in [4.69, 9.17) is 10.1 Å². The van der Waals surface area contributed by atoms with E-state index in [1.165, 1.54) is 0 Å². The molecule has 0 heterocycles. The molecule has 0 atom stereocenters. The summed E-state index contributed by atoms with van der Waals surface area (Å²) in [5.74, 6) is 0.455. The lowest BCUT2D eigenvalue weighted by molar-refractivity contribution is 0.115. The van der Waals surface area contributed by atoms with Gasteiger partial charge in [0, 0.05) is 17.6 Å². The molecular formula is C14H20BrFN2O. The summed E-state index contributed by atoms with van der Waals surface area (Å²) >= 11 is 3.52. The van der Waals surface area contributed by atoms with E-state index in [0.29, 0.717) is 32.0 Å². The number of halogens is 2. The smallest absolute Gasteiger partial charge is 0.0902 e. The molecule has 1 aromatic rings. The molecule has 19 heavy (non-hydrogen) atoms. The second kappa shape index (κ2) is 9.04. The van der Waals surface area contributed by atoms with Gasteiger partial charge in [-0.25, -0.2) is 0 Å². The summed E-state index contributed by atoms with van der Waals surface area (Å²) in [5, 5.41) is 10.3. The van der Waals surface area contributed by atoms with Crippen LogP contribution in [0.1, 0.15) is 30.9 Å². The maximum absolute atomic E-state index is 11.9. The number of alkyl halides is 1. The molecule has 1 rings (SSSR count). The van der Waals surface area contributed by atoms with Crippen LogP contribution >= 0.6 is 15.9 Å². The molecule has 1 aromatic carbocycles. The number of rotatable bonds is 8. The molecule has 0 unspecified atom stereocenters. The monoisotopic (exact) mass is 330 g/mol. The number of hydrogen-bond acceptors (Lipinski definition) is 2. The fraction of sp³-hybridized carbons (Fsp3) is 0.500. The van der Waals surface area contributed by atoms with Crippen molar-refractivity contribution < 1.29 is 9.13 Å². The first-order valence-electron chi connectivity index (χ1n) is 6.33. The summed E-state index contributed by atoms with van der Waals surface area (Å²) < 4.78 is 18.4. The van der Waals surface area contributed by atoms with Crippen LogP contribution in [0.2, 0.25) is 0 Å². The van der Waals surface area contributed by atoms with E-state index in [1.54, 1.807) is 6.92 Å². The van der Waals surface area contributed by atoms with Gasteiger partial charge in [0.2, 0.25) is 0 Å². The number of ether oxygens (including phenoxy) is 1. The Hall–Kier alpha value is -0.940. The number of benzene rings is 1. The molecule has 0 radical (unpaired) electrons. The van der Waals surface area contributed by atoms with Crippen molar-refractivity contribution in [3.63, 3.8) is 0 Å². The van der Waals surface area contributed by atoms with Crippen LogP contribution in [0.3, 0.4) is 0 Å². The Labute approximate surface area is 122 Å². The molecule has 0 amide bonds. The summed E-state index contributed by atoms with van der Waals surface area (Å²) in [6.45, 7) is 3.21. The lowest BCUT2D eigenvalue weighted by Gasteiger charge is -2.09. The van der Waals surface area contributed by atoms with E-state index >= 15 is 0 Å². The Morgan fingerprint density at radius 2 is 2.21 bits per heavy atom. The molecule has 0 aliphatic heterocycles. The summed E-state index contributed by atoms with van der Waals surface area (Å²) in [7, 11) is 0. The lowest BCUT2D eigenvalue weighted by Crippen LogP contribution is -2.18. The molecule has 0 saturated carbocycles. The van der Waals surface area contributed by atoms with Crippen LogP contribution in [-0.2, 0) is 17.9 Å². The topological polar surface area (TPSA) is 45.1 Å². The minimum Gasteiger partial charge on any atom is -0.377 e. The first-order chi connectivity index (χ1) is 9.13. The molecule has 5 heteroatoms. The van der Waals surface area contributed by atoms with Crippen LogP contribution < -0.4 is 5.32 Å². The third-order valence-electron chi connectivity index (χ3n) is 2.61. The summed E-state index contributed by atoms with van der Waals surface area (Å²) in [4.78, 5) is 0. The minimum atomic E-state index is -0.277. The normalized spacial score (nSPS) is 10.5. The Morgan fingerprint density at radius 1 is 1.42 bits per heavy atom. The van der Waals surface area contributed by atoms with Crippen molar-refractivity contribution in [1.29, 1.82) is 5.41 Å². The van der Waals surface area contributed by atoms with Crippen molar-refractivity contribution in [3.8, 4) is 0 Å². The van der Waals surface area contributed by atoms with Crippen molar-refractivity contribution in [3.05, 3.63) is 33.8 Å². The molecule has 0 bridgehead atoms. The molecule has 0 aliphatic rings. The van der Waals surface area contributed by atoms with Crippen LogP contribution in [0.25, 0.3) is 0 Å². The van der Waals surface area contributed by atoms with Gasteiger partial charge >= 0.3 is 0 Å². The standard InChI is InChI=1S/C14H20BrFN2O/c1-11(17)18-9-12-4-5-13(14(15)8-12)10-19-7-3-2-6-16/h4-5,8H,2-3,6-7,9-10H2,1H3,(H2,17,18). The molecule has 3 nitrogen and oxygen atoms in total. The first-order valence-corrected chi connectivity index (χ1v) is 7.13. The fourth-order valence-electron chi connectivity index (χ4n) is 1.53. The molecule has 0 fully saturated rings. The van der Waals surface area contributed by atoms with Gasteiger partial charge in [0.1, 0.15) is 0 Å². The number of amidine groups is 1. The third-order valence-corrected chi connectivity index (χ3v) is 3.34. The van der Waals surface area contributed by atoms with Gasteiger partial charge in [0.15, 0.2) is 0 Å². The first kappa shape index (κ1) is 16.1. The van der Waals surface area contributed by atoms with E-state index in [9.17, 15) is 4.39 Å². The summed E-state index contributed by atoms with van der Waals surface area (Å²) in [6, 6.07) is 6.05. The van der Waals surface area contributed by atoms with Gasteiger partial charge in [-0.15, -0.1) is 0 Å². The van der Waals surface area contributed by atoms with Crippen molar-refractivity contribution in [2.24, 2.45) is 0 Å². The van der Waals surface area contributed by atoms with Gasteiger partial charge in [0.05, 0.1) is 19.1 Å². The zero-order valence-electron chi connectivity index (χ0n) is 11.1. The van der Waals surface area contributed by atoms with Crippen molar-refractivity contribution in [1.82, 2.24) is 5.32 Å². The SMILES string of the molecule is CC(=N)NCc1ccc(COCCCCF)c(Br)c1. The third kappa shape index (κ3) is 6.68. The highest BCUT2D eigenvalue weighted by Gasteiger charge is 2.02. The average Bonchev–Trinajstić information content (AvgIpc) is 2.38. The van der Waals surface area contributed by atoms with E-state index in [1.807, 2.05) is 18.2 Å². The average molecular weight is 331 g/mol. The highest BCUT2D eigenvalue weighted by molar-refractivity contribution is 9.10. The van der Waals surface area contributed by atoms with Crippen molar-refractivity contribution in [2.45, 2.75) is 32.9 Å². The van der Waals surface area contributed by atoms with Crippen LogP contribution in [0.15, 0.2) is 22.7 Å². The van der Waals surface area contributed by atoms with Crippen LogP contribution in [0.5, 0.6) is 0 Å². The van der Waals surface area contributed by atoms with Gasteiger partial charge in [-0.3, -0.25) is 9.80 Å². The molecular weight excluding hydrogens is 311 g/mol. The fourth-order valence-corrected chi connectivity index (χ4v) is 2.07. The van der Waals surface area contributed by atoms with Gasteiger partial charge in [-0.2, -0.15) is 0 Å². The summed E-state index contributed by atoms with van der Waals surface area (Å²) in [6.07, 6.45) is 1.32. The van der Waals surface area contributed by atoms with Crippen LogP contribution in [-0.4, -0.2) is 19.1 Å². The lowest BCUT2D eigenvalue weighted by atomic mass is 10.1. The molecule has 0 aromatic heterocycles. The Morgan fingerprint density at radius 3 is 2.84 bits per heavy atom. The van der Waals surface area contributed by atoms with E-state index in [0.717, 1.165) is 22.0 Å². The predicted octanol–water partition coefficient (Wildman–Crippen LogP) is 3.80. The minimum absolute atomic E-state index is 0.277. The van der Waals surface area contributed by atoms with Crippen molar-refractivity contribution >= 4 is 21.8 Å². The molecule has 106 valence electrons. The molecule has 0 aliphatic carbocycles. The molecule has 0 saturated heterocycles. The second-order valence-electron chi connectivity index (χ2n) is 4.35. The van der Waals surface area contributed by atoms with E-state index in [-0.39, 0.29) is 6.67 Å². The van der Waals surface area contributed by atoms with Gasteiger partial charge in [-0.05, 0) is 37.0 Å². The highest BCUT2D eigenvalue weighted by atomic mass is 79.9. The van der Waals surface area contributed by atoms with E-state index in [2.05, 4.69) is 21.2 Å². The number of unbranched alkanes of at least 4 members (excludes halogenated alkanes) is 1. The zero-order chi connectivity index (χ0) is 14.1. The largest absolute Gasteiger partial charge is 0.377 e. The molecule has 2 N–H and O–H groups in total. The zero-order valence-corrected chi connectivity index (χ0v) is 12.7. The van der Waals surface area contributed by atoms with E-state index < -0.39 is 0 Å². The second-order valence-corrected chi connectivity index (χ2v) is 5.21. The number of hydrogen-bond donors (Lipinski definition) is 2. The van der Waals surface area contributed by atoms with Crippen molar-refractivity contribution in [2.75, 3.05) is 13.3 Å². The quantitative estimate of drug-likeness (QED) is 0.432. The summed E-state index contributed by atoms with van der Waals surface area (Å²) in [5.41, 5.74) is 2.19. The van der Waals surface area contributed by atoms with Gasteiger partial charge < -0.3 is 10.1 Å². The highest BCUT2D eigenvalue weighted by Crippen LogP contribution is 2.19. The van der Waals surface area contributed by atoms with Crippen LogP contribution in [0, 0.1) is 5.41 Å². The predicted molar refractivity (Wildman–Crippen MR) is 79.2 cm³/mol. The Bertz CT molecular complexity index is 412. The van der Waals surface area contributed by atoms with Gasteiger partial charge in [-0.1, -0.05) is 28.1 Å². The maximum atomic E-state index is 11.9. The van der Waals surface area contributed by atoms with Gasteiger partial charge in [0.25, 0.3) is 0 Å². The maximum Gasteiger partial charge on any atom is 0.0902 e. The molecule has 0 spiro atoms. The van der Waals surface area contributed by atoms with Crippen LogP contribution in [0.4, 0.5) is 4.39 Å². The Balaban J connectivity index is 2.41. The number of nitrogens with one attached hydrogen (secondary N) is 2. The Kier molecular flexibility index (Phi) is 7.67.